The highest BCUT2D eigenvalue weighted by molar-refractivity contribution is 5.88. The molecule has 2 rings (SSSR count). The average Bonchev–Trinajstić information content (AvgIpc) is 2.47. The maximum Gasteiger partial charge on any atom is 0.221 e. The van der Waals surface area contributed by atoms with Crippen molar-refractivity contribution in [3.05, 3.63) is 29.8 Å². The summed E-state index contributed by atoms with van der Waals surface area (Å²) in [5.41, 5.74) is 2.10. The number of rotatable bonds is 5. The van der Waals surface area contributed by atoms with E-state index in [1.807, 2.05) is 12.1 Å². The van der Waals surface area contributed by atoms with Gasteiger partial charge >= 0.3 is 0 Å². The lowest BCUT2D eigenvalue weighted by molar-refractivity contribution is -0.114. The molecule has 0 saturated heterocycles. The summed E-state index contributed by atoms with van der Waals surface area (Å²) in [6.07, 6.45) is 6.86. The highest BCUT2D eigenvalue weighted by Crippen LogP contribution is 2.28. The zero-order valence-corrected chi connectivity index (χ0v) is 13.5. The van der Waals surface area contributed by atoms with Crippen molar-refractivity contribution in [1.82, 2.24) is 5.32 Å². The molecule has 0 aromatic heterocycles. The van der Waals surface area contributed by atoms with Crippen LogP contribution in [0.4, 0.5) is 5.69 Å². The monoisotopic (exact) mass is 288 g/mol. The summed E-state index contributed by atoms with van der Waals surface area (Å²) < 4.78 is 0. The Morgan fingerprint density at radius 1 is 1.19 bits per heavy atom. The van der Waals surface area contributed by atoms with Crippen LogP contribution in [-0.4, -0.2) is 11.9 Å². The third kappa shape index (κ3) is 4.85. The van der Waals surface area contributed by atoms with Crippen LogP contribution in [0.3, 0.4) is 0 Å². The van der Waals surface area contributed by atoms with Crippen molar-refractivity contribution >= 4 is 11.6 Å². The summed E-state index contributed by atoms with van der Waals surface area (Å²) >= 11 is 0. The Hall–Kier alpha value is -1.35. The van der Waals surface area contributed by atoms with Crippen LogP contribution in [0.25, 0.3) is 0 Å². The highest BCUT2D eigenvalue weighted by Gasteiger charge is 2.21. The first-order valence-corrected chi connectivity index (χ1v) is 8.20. The normalized spacial score (nSPS) is 19.0. The molecule has 0 heterocycles. The van der Waals surface area contributed by atoms with Crippen LogP contribution < -0.4 is 10.6 Å². The van der Waals surface area contributed by atoms with Crippen molar-refractivity contribution in [1.29, 1.82) is 0 Å². The number of carbonyl (C=O) groups excluding carboxylic acids is 1. The van der Waals surface area contributed by atoms with Gasteiger partial charge in [0.25, 0.3) is 0 Å². The summed E-state index contributed by atoms with van der Waals surface area (Å²) in [6.45, 7) is 6.05. The molecule has 1 unspecified atom stereocenters. The number of amides is 1. The quantitative estimate of drug-likeness (QED) is 0.849. The minimum atomic E-state index is -0.0247. The maximum atomic E-state index is 11.2. The van der Waals surface area contributed by atoms with Crippen LogP contribution in [-0.2, 0) is 4.79 Å². The van der Waals surface area contributed by atoms with E-state index in [1.165, 1.54) is 37.7 Å². The van der Waals surface area contributed by atoms with Gasteiger partial charge in [-0.05, 0) is 50.3 Å². The first kappa shape index (κ1) is 16.0. The summed E-state index contributed by atoms with van der Waals surface area (Å²) in [7, 11) is 0. The van der Waals surface area contributed by atoms with Gasteiger partial charge in [0.05, 0.1) is 0 Å². The minimum Gasteiger partial charge on any atom is -0.326 e. The van der Waals surface area contributed by atoms with Gasteiger partial charge in [-0.25, -0.2) is 0 Å². The van der Waals surface area contributed by atoms with Gasteiger partial charge in [-0.1, -0.05) is 31.4 Å². The van der Waals surface area contributed by atoms with E-state index in [0.717, 1.165) is 11.6 Å². The van der Waals surface area contributed by atoms with Crippen molar-refractivity contribution in [2.45, 2.75) is 65.0 Å². The standard InChI is InChI=1S/C18H28N2O/c1-13(16-8-5-4-6-9-16)19-14(2)17-10-7-11-18(12-17)20-15(3)21/h7,10-14,16,19H,4-6,8-9H2,1-3H3,(H,20,21)/t13-,14?/m0/s1. The molecule has 1 aliphatic rings. The molecular weight excluding hydrogens is 260 g/mol. The molecule has 0 bridgehead atoms. The van der Waals surface area contributed by atoms with E-state index in [0.29, 0.717) is 12.1 Å². The van der Waals surface area contributed by atoms with Gasteiger partial charge in [-0.2, -0.15) is 0 Å². The first-order chi connectivity index (χ1) is 10.1. The summed E-state index contributed by atoms with van der Waals surface area (Å²) in [5, 5.41) is 6.58. The molecule has 1 saturated carbocycles. The molecule has 1 aromatic rings. The molecule has 116 valence electrons. The fraction of sp³-hybridized carbons (Fsp3) is 0.611. The van der Waals surface area contributed by atoms with E-state index in [9.17, 15) is 4.79 Å². The summed E-state index contributed by atoms with van der Waals surface area (Å²) in [4.78, 5) is 11.2. The number of hydrogen-bond donors (Lipinski definition) is 2. The van der Waals surface area contributed by atoms with Gasteiger partial charge in [0.15, 0.2) is 0 Å². The van der Waals surface area contributed by atoms with Gasteiger partial charge in [0, 0.05) is 24.7 Å². The largest absolute Gasteiger partial charge is 0.326 e. The number of nitrogens with one attached hydrogen (secondary N) is 2. The zero-order valence-electron chi connectivity index (χ0n) is 13.5. The average molecular weight is 288 g/mol. The van der Waals surface area contributed by atoms with E-state index in [2.05, 4.69) is 36.6 Å². The molecule has 1 amide bonds. The van der Waals surface area contributed by atoms with Crippen molar-refractivity contribution < 1.29 is 4.79 Å². The predicted octanol–water partition coefficient (Wildman–Crippen LogP) is 4.26. The molecule has 1 fully saturated rings. The number of hydrogen-bond acceptors (Lipinski definition) is 2. The highest BCUT2D eigenvalue weighted by atomic mass is 16.1. The molecule has 0 aliphatic heterocycles. The van der Waals surface area contributed by atoms with Gasteiger partial charge in [-0.15, -0.1) is 0 Å². The topological polar surface area (TPSA) is 41.1 Å². The van der Waals surface area contributed by atoms with Crippen LogP contribution in [0.2, 0.25) is 0 Å². The Kier molecular flexibility index (Phi) is 5.80. The maximum absolute atomic E-state index is 11.2. The third-order valence-electron chi connectivity index (χ3n) is 4.58. The molecule has 2 atom stereocenters. The lowest BCUT2D eigenvalue weighted by atomic mass is 9.84. The van der Waals surface area contributed by atoms with E-state index in [1.54, 1.807) is 6.92 Å². The Balaban J connectivity index is 1.95. The Bertz CT molecular complexity index is 466. The van der Waals surface area contributed by atoms with Crippen molar-refractivity contribution in [2.24, 2.45) is 5.92 Å². The molecule has 3 nitrogen and oxygen atoms in total. The third-order valence-corrected chi connectivity index (χ3v) is 4.58. The Morgan fingerprint density at radius 2 is 1.90 bits per heavy atom. The van der Waals surface area contributed by atoms with E-state index in [-0.39, 0.29) is 5.91 Å². The number of anilines is 1. The summed E-state index contributed by atoms with van der Waals surface area (Å²) in [6, 6.07) is 8.97. The van der Waals surface area contributed by atoms with Gasteiger partial charge in [-0.3, -0.25) is 4.79 Å². The number of carbonyl (C=O) groups is 1. The van der Waals surface area contributed by atoms with E-state index >= 15 is 0 Å². The first-order valence-electron chi connectivity index (χ1n) is 8.20. The molecule has 1 aliphatic carbocycles. The molecule has 0 radical (unpaired) electrons. The fourth-order valence-corrected chi connectivity index (χ4v) is 3.35. The minimum absolute atomic E-state index is 0.0247. The second kappa shape index (κ2) is 7.60. The fourth-order valence-electron chi connectivity index (χ4n) is 3.35. The van der Waals surface area contributed by atoms with Gasteiger partial charge < -0.3 is 10.6 Å². The second-order valence-corrected chi connectivity index (χ2v) is 6.38. The van der Waals surface area contributed by atoms with Crippen LogP contribution in [0.15, 0.2) is 24.3 Å². The zero-order chi connectivity index (χ0) is 15.2. The predicted molar refractivity (Wildman–Crippen MR) is 88.3 cm³/mol. The smallest absolute Gasteiger partial charge is 0.221 e. The van der Waals surface area contributed by atoms with E-state index < -0.39 is 0 Å². The number of benzene rings is 1. The lowest BCUT2D eigenvalue weighted by Gasteiger charge is -2.31. The Labute approximate surface area is 128 Å². The van der Waals surface area contributed by atoms with Crippen LogP contribution in [0.5, 0.6) is 0 Å². The van der Waals surface area contributed by atoms with Crippen molar-refractivity contribution in [3.8, 4) is 0 Å². The van der Waals surface area contributed by atoms with Crippen LogP contribution in [0.1, 0.15) is 64.5 Å². The SMILES string of the molecule is CC(=O)Nc1cccc(C(C)N[C@@H](C)C2CCCCC2)c1. The molecule has 3 heteroatoms. The van der Waals surface area contributed by atoms with Gasteiger partial charge in [0.1, 0.15) is 0 Å². The molecule has 2 N–H and O–H groups in total. The van der Waals surface area contributed by atoms with Crippen molar-refractivity contribution in [3.63, 3.8) is 0 Å². The Morgan fingerprint density at radius 3 is 2.57 bits per heavy atom. The molecular formula is C18H28N2O. The second-order valence-electron chi connectivity index (χ2n) is 6.38. The van der Waals surface area contributed by atoms with Crippen LogP contribution >= 0.6 is 0 Å². The van der Waals surface area contributed by atoms with E-state index in [4.69, 9.17) is 0 Å². The van der Waals surface area contributed by atoms with Crippen molar-refractivity contribution in [2.75, 3.05) is 5.32 Å². The van der Waals surface area contributed by atoms with Gasteiger partial charge in [0.2, 0.25) is 5.91 Å². The molecule has 0 spiro atoms. The van der Waals surface area contributed by atoms with Crippen LogP contribution in [0, 0.1) is 5.92 Å². The lowest BCUT2D eigenvalue weighted by Crippen LogP contribution is -2.36. The summed E-state index contributed by atoms with van der Waals surface area (Å²) in [5.74, 6) is 0.781. The molecule has 21 heavy (non-hydrogen) atoms. The molecule has 1 aromatic carbocycles.